The van der Waals surface area contributed by atoms with E-state index in [-0.39, 0.29) is 12.0 Å². The molecule has 3 rings (SSSR count). The molecule has 1 saturated heterocycles. The molecule has 7 heteroatoms. The molecule has 23 heavy (non-hydrogen) atoms. The van der Waals surface area contributed by atoms with Gasteiger partial charge in [0, 0.05) is 49.1 Å². The van der Waals surface area contributed by atoms with Crippen LogP contribution in [0.3, 0.4) is 0 Å². The number of carbonyl (C=O) groups is 1. The van der Waals surface area contributed by atoms with Crippen LogP contribution in [0.5, 0.6) is 5.88 Å². The van der Waals surface area contributed by atoms with Crippen molar-refractivity contribution in [1.82, 2.24) is 19.9 Å². The molecule has 1 N–H and O–H groups in total. The molecule has 122 valence electrons. The van der Waals surface area contributed by atoms with E-state index in [2.05, 4.69) is 15.3 Å². The van der Waals surface area contributed by atoms with Gasteiger partial charge in [-0.25, -0.2) is 9.97 Å². The van der Waals surface area contributed by atoms with Crippen LogP contribution in [0.1, 0.15) is 23.2 Å². The summed E-state index contributed by atoms with van der Waals surface area (Å²) in [7, 11) is 0. The number of rotatable bonds is 7. The number of hydrogen-bond acceptors (Lipinski definition) is 5. The van der Waals surface area contributed by atoms with E-state index in [1.807, 2.05) is 22.5 Å². The predicted molar refractivity (Wildman–Crippen MR) is 89.8 cm³/mol. The van der Waals surface area contributed by atoms with Crippen molar-refractivity contribution in [2.45, 2.75) is 25.5 Å². The van der Waals surface area contributed by atoms with Crippen molar-refractivity contribution in [2.75, 3.05) is 18.1 Å². The van der Waals surface area contributed by atoms with Crippen LogP contribution in [0.25, 0.3) is 0 Å². The highest BCUT2D eigenvalue weighted by atomic mass is 32.2. The van der Waals surface area contributed by atoms with Crippen molar-refractivity contribution in [3.8, 4) is 5.88 Å². The molecule has 0 aliphatic carbocycles. The smallest absolute Gasteiger partial charge is 0.251 e. The molecule has 0 aromatic carbocycles. The first-order valence-corrected chi connectivity index (χ1v) is 8.91. The summed E-state index contributed by atoms with van der Waals surface area (Å²) in [5, 5.41) is 2.92. The van der Waals surface area contributed by atoms with Gasteiger partial charge in [0.1, 0.15) is 6.10 Å². The van der Waals surface area contributed by atoms with Crippen molar-refractivity contribution >= 4 is 17.7 Å². The summed E-state index contributed by atoms with van der Waals surface area (Å²) in [6.07, 6.45) is 9.16. The summed E-state index contributed by atoms with van der Waals surface area (Å²) in [6, 6.07) is 3.43. The average Bonchev–Trinajstić information content (AvgIpc) is 3.25. The molecule has 0 unspecified atom stereocenters. The molecular formula is C16H20N4O2S. The first kappa shape index (κ1) is 15.9. The largest absolute Gasteiger partial charge is 0.473 e. The minimum atomic E-state index is -0.0938. The van der Waals surface area contributed by atoms with Gasteiger partial charge in [0.05, 0.1) is 6.33 Å². The van der Waals surface area contributed by atoms with Crippen molar-refractivity contribution in [3.63, 3.8) is 0 Å². The molecule has 6 nitrogen and oxygen atoms in total. The number of nitrogens with zero attached hydrogens (tertiary/aromatic N) is 3. The molecule has 0 radical (unpaired) electrons. The molecule has 1 aliphatic rings. The minimum absolute atomic E-state index is 0.0938. The molecule has 1 aliphatic heterocycles. The van der Waals surface area contributed by atoms with Crippen LogP contribution >= 0.6 is 11.8 Å². The summed E-state index contributed by atoms with van der Waals surface area (Å²) < 4.78 is 7.81. The maximum Gasteiger partial charge on any atom is 0.251 e. The summed E-state index contributed by atoms with van der Waals surface area (Å²) >= 11 is 1.89. The van der Waals surface area contributed by atoms with Crippen molar-refractivity contribution in [2.24, 2.45) is 0 Å². The zero-order valence-corrected chi connectivity index (χ0v) is 13.7. The highest BCUT2D eigenvalue weighted by molar-refractivity contribution is 7.99. The van der Waals surface area contributed by atoms with Gasteiger partial charge in [-0.3, -0.25) is 4.79 Å². The number of carbonyl (C=O) groups excluding carboxylic acids is 1. The second-order valence-corrected chi connectivity index (χ2v) is 6.55. The van der Waals surface area contributed by atoms with E-state index in [9.17, 15) is 4.79 Å². The van der Waals surface area contributed by atoms with Crippen LogP contribution in [-0.2, 0) is 6.54 Å². The van der Waals surface area contributed by atoms with Gasteiger partial charge in [0.25, 0.3) is 5.91 Å². The number of amides is 1. The Hall–Kier alpha value is -2.02. The van der Waals surface area contributed by atoms with Gasteiger partial charge in [-0.2, -0.15) is 11.8 Å². The van der Waals surface area contributed by atoms with Crippen LogP contribution in [-0.4, -0.2) is 44.6 Å². The summed E-state index contributed by atoms with van der Waals surface area (Å²) in [6.45, 7) is 1.46. The number of nitrogens with one attached hydrogen (secondary N) is 1. The number of imidazole rings is 1. The Kier molecular flexibility index (Phi) is 5.52. The Labute approximate surface area is 139 Å². The van der Waals surface area contributed by atoms with Gasteiger partial charge in [0.2, 0.25) is 5.88 Å². The number of aromatic nitrogens is 3. The molecule has 2 aromatic rings. The highest BCUT2D eigenvalue weighted by Gasteiger charge is 2.18. The molecule has 1 amide bonds. The van der Waals surface area contributed by atoms with E-state index in [1.54, 1.807) is 30.9 Å². The lowest BCUT2D eigenvalue weighted by Crippen LogP contribution is -2.25. The second kappa shape index (κ2) is 8.01. The van der Waals surface area contributed by atoms with Gasteiger partial charge in [-0.15, -0.1) is 0 Å². The van der Waals surface area contributed by atoms with E-state index in [4.69, 9.17) is 4.74 Å². The zero-order chi connectivity index (χ0) is 15.9. The Bertz CT molecular complexity index is 627. The quantitative estimate of drug-likeness (QED) is 0.785. The topological polar surface area (TPSA) is 69.0 Å². The fourth-order valence-electron chi connectivity index (χ4n) is 2.38. The fraction of sp³-hybridized carbons (Fsp3) is 0.438. The number of aryl methyl sites for hydroxylation is 1. The molecular weight excluding hydrogens is 312 g/mol. The third-order valence-electron chi connectivity index (χ3n) is 3.61. The lowest BCUT2D eigenvalue weighted by molar-refractivity contribution is 0.0951. The Morgan fingerprint density at radius 2 is 2.43 bits per heavy atom. The first-order chi connectivity index (χ1) is 11.3. The van der Waals surface area contributed by atoms with Crippen LogP contribution < -0.4 is 10.1 Å². The third kappa shape index (κ3) is 4.72. The van der Waals surface area contributed by atoms with Crippen molar-refractivity contribution in [1.29, 1.82) is 0 Å². The van der Waals surface area contributed by atoms with E-state index < -0.39 is 0 Å². The maximum absolute atomic E-state index is 12.2. The molecule has 0 saturated carbocycles. The normalized spacial score (nSPS) is 17.1. The molecule has 0 spiro atoms. The highest BCUT2D eigenvalue weighted by Crippen LogP contribution is 2.22. The van der Waals surface area contributed by atoms with Gasteiger partial charge in [-0.1, -0.05) is 0 Å². The number of pyridine rings is 1. The van der Waals surface area contributed by atoms with E-state index in [1.165, 1.54) is 0 Å². The van der Waals surface area contributed by atoms with Crippen LogP contribution in [0.4, 0.5) is 0 Å². The predicted octanol–water partition coefficient (Wildman–Crippen LogP) is 1.98. The van der Waals surface area contributed by atoms with E-state index in [0.717, 1.165) is 30.9 Å². The van der Waals surface area contributed by atoms with E-state index in [0.29, 0.717) is 18.0 Å². The average molecular weight is 332 g/mol. The van der Waals surface area contributed by atoms with Crippen molar-refractivity contribution in [3.05, 3.63) is 42.6 Å². The fourth-order valence-corrected chi connectivity index (χ4v) is 3.47. The lowest BCUT2D eigenvalue weighted by atomic mass is 10.2. The molecule has 2 aromatic heterocycles. The Morgan fingerprint density at radius 1 is 1.48 bits per heavy atom. The third-order valence-corrected chi connectivity index (χ3v) is 4.74. The number of ether oxygens (including phenoxy) is 1. The van der Waals surface area contributed by atoms with Gasteiger partial charge in [-0.05, 0) is 24.7 Å². The van der Waals surface area contributed by atoms with Gasteiger partial charge < -0.3 is 14.6 Å². The van der Waals surface area contributed by atoms with Crippen LogP contribution in [0.2, 0.25) is 0 Å². The Balaban J connectivity index is 1.46. The number of hydrogen-bond donors (Lipinski definition) is 1. The summed E-state index contributed by atoms with van der Waals surface area (Å²) in [5.41, 5.74) is 0.586. The standard InChI is InChI=1S/C16H20N4O2S/c21-16(19-4-1-7-20-8-6-17-12-20)13-2-5-18-15(10-13)22-14-3-9-23-11-14/h2,5-6,8,10,12,14H,1,3-4,7,9,11H2,(H,19,21)/t14-/m0/s1. The van der Waals surface area contributed by atoms with Gasteiger partial charge >= 0.3 is 0 Å². The van der Waals surface area contributed by atoms with Crippen LogP contribution in [0, 0.1) is 0 Å². The minimum Gasteiger partial charge on any atom is -0.473 e. The zero-order valence-electron chi connectivity index (χ0n) is 12.9. The summed E-state index contributed by atoms with van der Waals surface area (Å²) in [5.74, 6) is 2.56. The Morgan fingerprint density at radius 3 is 3.22 bits per heavy atom. The second-order valence-electron chi connectivity index (χ2n) is 5.40. The SMILES string of the molecule is O=C(NCCCn1ccnc1)c1ccnc(O[C@H]2CCSC2)c1. The monoisotopic (exact) mass is 332 g/mol. The lowest BCUT2D eigenvalue weighted by Gasteiger charge is -2.12. The van der Waals surface area contributed by atoms with Gasteiger partial charge in [0.15, 0.2) is 0 Å². The summed E-state index contributed by atoms with van der Waals surface area (Å²) in [4.78, 5) is 20.4. The molecule has 1 atom stereocenters. The van der Waals surface area contributed by atoms with E-state index >= 15 is 0 Å². The first-order valence-electron chi connectivity index (χ1n) is 7.75. The molecule has 0 bridgehead atoms. The number of thioether (sulfide) groups is 1. The van der Waals surface area contributed by atoms with Crippen LogP contribution in [0.15, 0.2) is 37.1 Å². The molecule has 1 fully saturated rings. The maximum atomic E-state index is 12.2. The molecule has 3 heterocycles. The van der Waals surface area contributed by atoms with Crippen molar-refractivity contribution < 1.29 is 9.53 Å².